The maximum atomic E-state index is 8.81. The van der Waals surface area contributed by atoms with Crippen LogP contribution in [0.5, 0.6) is 0 Å². The first-order valence-electron chi connectivity index (χ1n) is 7.36. The van der Waals surface area contributed by atoms with Gasteiger partial charge in [0.2, 0.25) is 5.95 Å². The summed E-state index contributed by atoms with van der Waals surface area (Å²) in [5.41, 5.74) is 2.81. The van der Waals surface area contributed by atoms with E-state index in [0.29, 0.717) is 18.9 Å². The molecule has 0 unspecified atom stereocenters. The van der Waals surface area contributed by atoms with Gasteiger partial charge >= 0.3 is 0 Å². The van der Waals surface area contributed by atoms with Gasteiger partial charge in [-0.3, -0.25) is 0 Å². The number of benzene rings is 1. The highest BCUT2D eigenvalue weighted by Gasteiger charge is 2.17. The lowest BCUT2D eigenvalue weighted by atomic mass is 10.00. The van der Waals surface area contributed by atoms with Gasteiger partial charge in [-0.2, -0.15) is 4.98 Å². The van der Waals surface area contributed by atoms with E-state index in [0.717, 1.165) is 25.3 Å². The molecule has 0 bridgehead atoms. The van der Waals surface area contributed by atoms with Crippen LogP contribution in [0.15, 0.2) is 36.5 Å². The molecule has 0 aliphatic carbocycles. The molecule has 0 saturated heterocycles. The summed E-state index contributed by atoms with van der Waals surface area (Å²) in [6, 6.07) is 10.5. The standard InChI is InChI=1S/C16H20N4O/c21-11-3-8-17-16-18-9-6-15(19-16)20-10-7-13-4-1-2-5-14(13)12-20/h1-2,4-6,9,21H,3,7-8,10-12H2,(H,17,18,19). The van der Waals surface area contributed by atoms with Crippen molar-refractivity contribution in [3.8, 4) is 0 Å². The van der Waals surface area contributed by atoms with Gasteiger partial charge in [0.1, 0.15) is 5.82 Å². The average molecular weight is 284 g/mol. The van der Waals surface area contributed by atoms with Crippen LogP contribution < -0.4 is 10.2 Å². The highest BCUT2D eigenvalue weighted by atomic mass is 16.3. The molecule has 21 heavy (non-hydrogen) atoms. The maximum Gasteiger partial charge on any atom is 0.224 e. The van der Waals surface area contributed by atoms with Crippen molar-refractivity contribution in [3.63, 3.8) is 0 Å². The molecule has 0 saturated carbocycles. The van der Waals surface area contributed by atoms with Crippen LogP contribution in [0, 0.1) is 0 Å². The van der Waals surface area contributed by atoms with E-state index in [1.54, 1.807) is 6.20 Å². The third kappa shape index (κ3) is 3.31. The van der Waals surface area contributed by atoms with E-state index >= 15 is 0 Å². The van der Waals surface area contributed by atoms with Crippen molar-refractivity contribution >= 4 is 11.8 Å². The second kappa shape index (κ2) is 6.54. The first-order valence-corrected chi connectivity index (χ1v) is 7.36. The van der Waals surface area contributed by atoms with Crippen LogP contribution in [-0.4, -0.2) is 34.8 Å². The van der Waals surface area contributed by atoms with Gasteiger partial charge in [0.25, 0.3) is 0 Å². The Morgan fingerprint density at radius 3 is 2.90 bits per heavy atom. The first-order chi connectivity index (χ1) is 10.4. The van der Waals surface area contributed by atoms with Gasteiger partial charge < -0.3 is 15.3 Å². The minimum atomic E-state index is 0.176. The van der Waals surface area contributed by atoms with Crippen molar-refractivity contribution in [1.82, 2.24) is 9.97 Å². The van der Waals surface area contributed by atoms with Gasteiger partial charge in [-0.25, -0.2) is 4.98 Å². The molecular formula is C16H20N4O. The third-order valence-corrected chi connectivity index (χ3v) is 3.71. The molecule has 1 aliphatic rings. The van der Waals surface area contributed by atoms with Crippen LogP contribution in [0.4, 0.5) is 11.8 Å². The maximum absolute atomic E-state index is 8.81. The van der Waals surface area contributed by atoms with E-state index in [2.05, 4.69) is 44.5 Å². The highest BCUT2D eigenvalue weighted by molar-refractivity contribution is 5.46. The van der Waals surface area contributed by atoms with E-state index in [9.17, 15) is 0 Å². The Morgan fingerprint density at radius 1 is 1.19 bits per heavy atom. The highest BCUT2D eigenvalue weighted by Crippen LogP contribution is 2.23. The number of hydrogen-bond acceptors (Lipinski definition) is 5. The number of nitrogens with zero attached hydrogens (tertiary/aromatic N) is 3. The number of fused-ring (bicyclic) bond motifs is 1. The summed E-state index contributed by atoms with van der Waals surface area (Å²) in [5, 5.41) is 11.9. The lowest BCUT2D eigenvalue weighted by Gasteiger charge is -2.29. The van der Waals surface area contributed by atoms with E-state index in [1.165, 1.54) is 11.1 Å². The molecule has 2 N–H and O–H groups in total. The van der Waals surface area contributed by atoms with Crippen LogP contribution in [0.2, 0.25) is 0 Å². The molecule has 0 fully saturated rings. The van der Waals surface area contributed by atoms with Crippen molar-refractivity contribution in [1.29, 1.82) is 0 Å². The zero-order valence-electron chi connectivity index (χ0n) is 12.0. The molecule has 0 amide bonds. The topological polar surface area (TPSA) is 61.3 Å². The van der Waals surface area contributed by atoms with E-state index < -0.39 is 0 Å². The zero-order valence-corrected chi connectivity index (χ0v) is 12.0. The number of aromatic nitrogens is 2. The molecule has 1 aromatic carbocycles. The minimum Gasteiger partial charge on any atom is -0.396 e. The second-order valence-electron chi connectivity index (χ2n) is 5.18. The van der Waals surface area contributed by atoms with Gasteiger partial charge in [0.05, 0.1) is 0 Å². The molecule has 110 valence electrons. The molecule has 1 aliphatic heterocycles. The molecule has 1 aromatic heterocycles. The normalized spacial score (nSPS) is 13.9. The van der Waals surface area contributed by atoms with Gasteiger partial charge in [-0.05, 0) is 30.0 Å². The van der Waals surface area contributed by atoms with Crippen LogP contribution in [0.1, 0.15) is 17.5 Å². The fourth-order valence-corrected chi connectivity index (χ4v) is 2.58. The summed E-state index contributed by atoms with van der Waals surface area (Å²) in [7, 11) is 0. The fourth-order valence-electron chi connectivity index (χ4n) is 2.58. The molecular weight excluding hydrogens is 264 g/mol. The van der Waals surface area contributed by atoms with Crippen LogP contribution in [-0.2, 0) is 13.0 Å². The van der Waals surface area contributed by atoms with Gasteiger partial charge in [-0.15, -0.1) is 0 Å². The Kier molecular flexibility index (Phi) is 4.31. The summed E-state index contributed by atoms with van der Waals surface area (Å²) in [5.74, 6) is 1.57. The number of anilines is 2. The summed E-state index contributed by atoms with van der Waals surface area (Å²) < 4.78 is 0. The van der Waals surface area contributed by atoms with Crippen LogP contribution in [0.25, 0.3) is 0 Å². The summed E-state index contributed by atoms with van der Waals surface area (Å²) in [6.07, 6.45) is 3.53. The molecule has 3 rings (SSSR count). The quantitative estimate of drug-likeness (QED) is 0.820. The molecule has 0 radical (unpaired) electrons. The van der Waals surface area contributed by atoms with Crippen molar-refractivity contribution in [2.45, 2.75) is 19.4 Å². The number of aliphatic hydroxyl groups excluding tert-OH is 1. The predicted molar refractivity (Wildman–Crippen MR) is 83.4 cm³/mol. The first kappa shape index (κ1) is 13.8. The number of rotatable bonds is 5. The van der Waals surface area contributed by atoms with E-state index in [1.807, 2.05) is 6.07 Å². The number of hydrogen-bond donors (Lipinski definition) is 2. The summed E-state index contributed by atoms with van der Waals surface area (Å²) >= 11 is 0. The van der Waals surface area contributed by atoms with Crippen molar-refractivity contribution in [2.75, 3.05) is 29.9 Å². The monoisotopic (exact) mass is 284 g/mol. The van der Waals surface area contributed by atoms with E-state index in [4.69, 9.17) is 5.11 Å². The van der Waals surface area contributed by atoms with Gasteiger partial charge in [0, 0.05) is 32.4 Å². The Hall–Kier alpha value is -2.14. The Morgan fingerprint density at radius 2 is 2.05 bits per heavy atom. The SMILES string of the molecule is OCCCNc1nccc(N2CCc3ccccc3C2)n1. The lowest BCUT2D eigenvalue weighted by Crippen LogP contribution is -2.31. The Labute approximate surface area is 124 Å². The molecule has 5 heteroatoms. The van der Waals surface area contributed by atoms with Crippen LogP contribution >= 0.6 is 0 Å². The Balaban J connectivity index is 1.71. The van der Waals surface area contributed by atoms with Crippen molar-refractivity contribution in [3.05, 3.63) is 47.7 Å². The van der Waals surface area contributed by atoms with E-state index in [-0.39, 0.29) is 6.61 Å². The number of aliphatic hydroxyl groups is 1. The fraction of sp³-hybridized carbons (Fsp3) is 0.375. The smallest absolute Gasteiger partial charge is 0.224 e. The zero-order chi connectivity index (χ0) is 14.5. The van der Waals surface area contributed by atoms with Crippen molar-refractivity contribution in [2.24, 2.45) is 0 Å². The van der Waals surface area contributed by atoms with Gasteiger partial charge in [0.15, 0.2) is 0 Å². The Bertz CT molecular complexity index is 602. The van der Waals surface area contributed by atoms with Crippen molar-refractivity contribution < 1.29 is 5.11 Å². The molecule has 0 atom stereocenters. The number of nitrogens with one attached hydrogen (secondary N) is 1. The summed E-state index contributed by atoms with van der Waals surface area (Å²) in [6.45, 7) is 2.73. The largest absolute Gasteiger partial charge is 0.396 e. The second-order valence-corrected chi connectivity index (χ2v) is 5.18. The summed E-state index contributed by atoms with van der Waals surface area (Å²) in [4.78, 5) is 11.1. The molecule has 5 nitrogen and oxygen atoms in total. The predicted octanol–water partition coefficient (Wildman–Crippen LogP) is 1.83. The van der Waals surface area contributed by atoms with Gasteiger partial charge in [-0.1, -0.05) is 24.3 Å². The third-order valence-electron chi connectivity index (χ3n) is 3.71. The molecule has 2 heterocycles. The van der Waals surface area contributed by atoms with Crippen LogP contribution in [0.3, 0.4) is 0 Å². The molecule has 2 aromatic rings. The average Bonchev–Trinajstić information content (AvgIpc) is 2.55. The minimum absolute atomic E-state index is 0.176. The lowest BCUT2D eigenvalue weighted by molar-refractivity contribution is 0.292. The molecule has 0 spiro atoms.